The molecule has 1 aromatic heterocycles. The average Bonchev–Trinajstić information content (AvgIpc) is 3.26. The molecule has 0 N–H and O–H groups in total. The maximum absolute atomic E-state index is 13.7. The molecule has 1 atom stereocenters. The van der Waals surface area contributed by atoms with Gasteiger partial charge in [0.2, 0.25) is 5.95 Å². The van der Waals surface area contributed by atoms with Crippen LogP contribution in [0, 0.1) is 17.7 Å². The number of amides is 1. The Labute approximate surface area is 116 Å². The second kappa shape index (κ2) is 6.26. The van der Waals surface area contributed by atoms with Crippen LogP contribution >= 0.6 is 0 Å². The molecule has 0 bridgehead atoms. The Bertz CT molecular complexity index is 492. The Morgan fingerprint density at radius 1 is 1.55 bits per heavy atom. The summed E-state index contributed by atoms with van der Waals surface area (Å²) >= 11 is 0. The fourth-order valence-electron chi connectivity index (χ4n) is 2.25. The van der Waals surface area contributed by atoms with Crippen LogP contribution in [-0.4, -0.2) is 42.1 Å². The van der Waals surface area contributed by atoms with E-state index in [0.29, 0.717) is 19.1 Å². The lowest BCUT2D eigenvalue weighted by atomic mass is 10.1. The summed E-state index contributed by atoms with van der Waals surface area (Å²) < 4.78 is 31.8. The molecule has 4 nitrogen and oxygen atoms in total. The summed E-state index contributed by atoms with van der Waals surface area (Å²) in [6.45, 7) is 2.65. The third-order valence-electron chi connectivity index (χ3n) is 3.67. The van der Waals surface area contributed by atoms with Gasteiger partial charge in [0.05, 0.1) is 12.2 Å². The van der Waals surface area contributed by atoms with E-state index in [2.05, 4.69) is 4.98 Å². The van der Waals surface area contributed by atoms with Gasteiger partial charge in [0, 0.05) is 25.9 Å². The molecule has 20 heavy (non-hydrogen) atoms. The van der Waals surface area contributed by atoms with Crippen molar-refractivity contribution in [1.29, 1.82) is 0 Å². The zero-order valence-corrected chi connectivity index (χ0v) is 11.6. The Kier molecular flexibility index (Phi) is 4.65. The summed E-state index contributed by atoms with van der Waals surface area (Å²) in [6, 6.07) is 1.20. The van der Waals surface area contributed by atoms with Crippen molar-refractivity contribution in [3.05, 3.63) is 29.6 Å². The molecule has 2 rings (SSSR count). The largest absolute Gasteiger partial charge is 0.383 e. The van der Waals surface area contributed by atoms with Crippen LogP contribution in [0.25, 0.3) is 0 Å². The third-order valence-corrected chi connectivity index (χ3v) is 3.67. The molecule has 1 fully saturated rings. The third kappa shape index (κ3) is 3.12. The number of methoxy groups -OCH3 is 1. The fourth-order valence-corrected chi connectivity index (χ4v) is 2.25. The summed E-state index contributed by atoms with van der Waals surface area (Å²) in [7, 11) is 1.54. The first kappa shape index (κ1) is 14.8. The Hall–Kier alpha value is -1.56. The van der Waals surface area contributed by atoms with Gasteiger partial charge in [-0.2, -0.15) is 4.39 Å². The predicted octanol–water partition coefficient (Wildman–Crippen LogP) is 2.25. The summed E-state index contributed by atoms with van der Waals surface area (Å²) in [5.74, 6) is -2.52. The van der Waals surface area contributed by atoms with Crippen molar-refractivity contribution in [2.75, 3.05) is 20.3 Å². The molecule has 0 radical (unpaired) electrons. The number of ether oxygens (including phenoxy) is 1. The van der Waals surface area contributed by atoms with Crippen molar-refractivity contribution < 1.29 is 18.3 Å². The number of hydrogen-bond donors (Lipinski definition) is 0. The lowest BCUT2D eigenvalue weighted by Crippen LogP contribution is -2.42. The van der Waals surface area contributed by atoms with E-state index in [-0.39, 0.29) is 11.6 Å². The number of rotatable bonds is 6. The van der Waals surface area contributed by atoms with Gasteiger partial charge in [0.25, 0.3) is 5.91 Å². The molecule has 0 spiro atoms. The van der Waals surface area contributed by atoms with Crippen LogP contribution in [0.1, 0.15) is 30.1 Å². The average molecular weight is 284 g/mol. The molecule has 1 aromatic rings. The highest BCUT2D eigenvalue weighted by atomic mass is 19.2. The SMILES string of the molecule is COCCN(C(=O)c1ccnc(F)c1F)C(C)C1CC1. The van der Waals surface area contributed by atoms with E-state index in [1.807, 2.05) is 6.92 Å². The minimum absolute atomic E-state index is 0.00623. The van der Waals surface area contributed by atoms with E-state index in [1.165, 1.54) is 13.2 Å². The Morgan fingerprint density at radius 2 is 2.25 bits per heavy atom. The van der Waals surface area contributed by atoms with E-state index in [9.17, 15) is 13.6 Å². The summed E-state index contributed by atoms with van der Waals surface area (Å²) in [5, 5.41) is 0. The minimum atomic E-state index is -1.25. The monoisotopic (exact) mass is 284 g/mol. The van der Waals surface area contributed by atoms with E-state index >= 15 is 0 Å². The number of carbonyl (C=O) groups excluding carboxylic acids is 1. The lowest BCUT2D eigenvalue weighted by molar-refractivity contribution is 0.0588. The molecular weight excluding hydrogens is 266 g/mol. The van der Waals surface area contributed by atoms with Gasteiger partial charge in [0.1, 0.15) is 0 Å². The van der Waals surface area contributed by atoms with Crippen LogP contribution in [0.5, 0.6) is 0 Å². The van der Waals surface area contributed by atoms with Crippen molar-refractivity contribution in [2.24, 2.45) is 5.92 Å². The first-order valence-corrected chi connectivity index (χ1v) is 6.66. The van der Waals surface area contributed by atoms with Crippen molar-refractivity contribution >= 4 is 5.91 Å². The van der Waals surface area contributed by atoms with Crippen LogP contribution in [0.2, 0.25) is 0 Å². The maximum Gasteiger partial charge on any atom is 0.257 e. The molecule has 0 aromatic carbocycles. The van der Waals surface area contributed by atoms with E-state index in [0.717, 1.165) is 19.0 Å². The first-order valence-electron chi connectivity index (χ1n) is 6.66. The summed E-state index contributed by atoms with van der Waals surface area (Å²) in [6.07, 6.45) is 3.22. The number of hydrogen-bond acceptors (Lipinski definition) is 3. The normalized spacial score (nSPS) is 16.0. The molecule has 1 aliphatic rings. The van der Waals surface area contributed by atoms with E-state index in [4.69, 9.17) is 4.74 Å². The van der Waals surface area contributed by atoms with Crippen LogP contribution < -0.4 is 0 Å². The number of nitrogens with zero attached hydrogens (tertiary/aromatic N) is 2. The molecule has 110 valence electrons. The summed E-state index contributed by atoms with van der Waals surface area (Å²) in [5.41, 5.74) is -0.277. The Balaban J connectivity index is 2.22. The molecule has 0 aliphatic heterocycles. The molecular formula is C14H18F2N2O2. The number of aromatic nitrogens is 1. The topological polar surface area (TPSA) is 42.4 Å². The van der Waals surface area contributed by atoms with E-state index < -0.39 is 17.7 Å². The highest BCUT2D eigenvalue weighted by Crippen LogP contribution is 2.35. The second-order valence-corrected chi connectivity index (χ2v) is 5.03. The van der Waals surface area contributed by atoms with E-state index in [1.54, 1.807) is 4.90 Å². The van der Waals surface area contributed by atoms with Gasteiger partial charge >= 0.3 is 0 Å². The molecule has 1 saturated carbocycles. The van der Waals surface area contributed by atoms with Crippen LogP contribution in [-0.2, 0) is 4.74 Å². The molecule has 1 heterocycles. The van der Waals surface area contributed by atoms with Gasteiger partial charge in [-0.3, -0.25) is 4.79 Å². The number of pyridine rings is 1. The predicted molar refractivity (Wildman–Crippen MR) is 69.3 cm³/mol. The van der Waals surface area contributed by atoms with Crippen LogP contribution in [0.4, 0.5) is 8.78 Å². The van der Waals surface area contributed by atoms with Crippen LogP contribution in [0.15, 0.2) is 12.3 Å². The lowest BCUT2D eigenvalue weighted by Gasteiger charge is -2.29. The standard InChI is InChI=1S/C14H18F2N2O2/c1-9(10-3-4-10)18(7-8-20-2)14(19)11-5-6-17-13(16)12(11)15/h5-6,9-10H,3-4,7-8H2,1-2H3. The Morgan fingerprint density at radius 3 is 2.85 bits per heavy atom. The van der Waals surface area contributed by atoms with Crippen molar-refractivity contribution in [2.45, 2.75) is 25.8 Å². The molecule has 1 aliphatic carbocycles. The van der Waals surface area contributed by atoms with Crippen LogP contribution in [0.3, 0.4) is 0 Å². The van der Waals surface area contributed by atoms with Gasteiger partial charge < -0.3 is 9.64 Å². The minimum Gasteiger partial charge on any atom is -0.383 e. The molecule has 0 saturated heterocycles. The number of halogens is 2. The molecule has 6 heteroatoms. The van der Waals surface area contributed by atoms with Gasteiger partial charge in [-0.25, -0.2) is 9.37 Å². The molecule has 1 amide bonds. The zero-order valence-electron chi connectivity index (χ0n) is 11.6. The highest BCUT2D eigenvalue weighted by Gasteiger charge is 2.35. The van der Waals surface area contributed by atoms with Crippen molar-refractivity contribution in [3.8, 4) is 0 Å². The second-order valence-electron chi connectivity index (χ2n) is 5.03. The smallest absolute Gasteiger partial charge is 0.257 e. The zero-order chi connectivity index (χ0) is 14.7. The fraction of sp³-hybridized carbons (Fsp3) is 0.571. The first-order chi connectivity index (χ1) is 9.56. The van der Waals surface area contributed by atoms with Gasteiger partial charge in [-0.1, -0.05) is 0 Å². The van der Waals surface area contributed by atoms with Gasteiger partial charge in [-0.15, -0.1) is 0 Å². The number of carbonyl (C=O) groups is 1. The maximum atomic E-state index is 13.7. The van der Waals surface area contributed by atoms with Gasteiger partial charge in [-0.05, 0) is 31.7 Å². The quantitative estimate of drug-likeness (QED) is 0.752. The van der Waals surface area contributed by atoms with Crippen molar-refractivity contribution in [3.63, 3.8) is 0 Å². The molecule has 1 unspecified atom stereocenters. The highest BCUT2D eigenvalue weighted by molar-refractivity contribution is 5.94. The van der Waals surface area contributed by atoms with Gasteiger partial charge in [0.15, 0.2) is 5.82 Å². The van der Waals surface area contributed by atoms with Crippen molar-refractivity contribution in [1.82, 2.24) is 9.88 Å². The summed E-state index contributed by atoms with van der Waals surface area (Å²) in [4.78, 5) is 17.2.